The Morgan fingerprint density at radius 3 is 2.44 bits per heavy atom. The van der Waals surface area contributed by atoms with E-state index < -0.39 is 0 Å². The number of rotatable bonds is 4. The zero-order valence-corrected chi connectivity index (χ0v) is 11.7. The summed E-state index contributed by atoms with van der Waals surface area (Å²) in [5, 5.41) is 3.13. The first-order chi connectivity index (χ1) is 8.66. The van der Waals surface area contributed by atoms with Crippen LogP contribution >= 0.6 is 15.9 Å². The van der Waals surface area contributed by atoms with Crippen molar-refractivity contribution in [3.8, 4) is 0 Å². The number of aryl methyl sites for hydroxylation is 1. The molecular formula is C15H14BrNO. The van der Waals surface area contributed by atoms with Crippen LogP contribution in [0, 0.1) is 6.92 Å². The molecule has 0 aromatic heterocycles. The van der Waals surface area contributed by atoms with Crippen LogP contribution in [0.25, 0.3) is 0 Å². The SMILES string of the molecule is Cc1ccccc1C(=O)CNc1ccc(Br)cc1. The fourth-order valence-corrected chi connectivity index (χ4v) is 2.00. The minimum Gasteiger partial charge on any atom is -0.378 e. The van der Waals surface area contributed by atoms with Gasteiger partial charge in [-0.2, -0.15) is 0 Å². The molecule has 2 aromatic carbocycles. The molecule has 0 spiro atoms. The van der Waals surface area contributed by atoms with E-state index in [1.807, 2.05) is 55.5 Å². The number of carbonyl (C=O) groups is 1. The van der Waals surface area contributed by atoms with E-state index in [9.17, 15) is 4.79 Å². The Bertz CT molecular complexity index is 549. The molecule has 0 aliphatic heterocycles. The molecule has 0 saturated heterocycles. The van der Waals surface area contributed by atoms with Gasteiger partial charge in [-0.3, -0.25) is 4.79 Å². The lowest BCUT2D eigenvalue weighted by atomic mass is 10.1. The Hall–Kier alpha value is -1.61. The Balaban J connectivity index is 2.01. The van der Waals surface area contributed by atoms with Gasteiger partial charge in [0.1, 0.15) is 0 Å². The number of benzene rings is 2. The Labute approximate surface area is 115 Å². The average Bonchev–Trinajstić information content (AvgIpc) is 2.38. The molecule has 0 unspecified atom stereocenters. The van der Waals surface area contributed by atoms with Crippen LogP contribution in [0.2, 0.25) is 0 Å². The van der Waals surface area contributed by atoms with Crippen LogP contribution in [0.15, 0.2) is 53.0 Å². The number of Topliss-reactive ketones (excluding diaryl/α,β-unsaturated/α-hetero) is 1. The molecule has 0 aliphatic rings. The maximum Gasteiger partial charge on any atom is 0.182 e. The van der Waals surface area contributed by atoms with Crippen molar-refractivity contribution < 1.29 is 4.79 Å². The Kier molecular flexibility index (Phi) is 4.15. The first kappa shape index (κ1) is 12.8. The van der Waals surface area contributed by atoms with Gasteiger partial charge < -0.3 is 5.32 Å². The van der Waals surface area contributed by atoms with Crippen LogP contribution in [-0.4, -0.2) is 12.3 Å². The monoisotopic (exact) mass is 303 g/mol. The van der Waals surface area contributed by atoms with Crippen LogP contribution in [0.5, 0.6) is 0 Å². The maximum atomic E-state index is 12.0. The highest BCUT2D eigenvalue weighted by atomic mass is 79.9. The second-order valence-corrected chi connectivity index (χ2v) is 5.01. The summed E-state index contributed by atoms with van der Waals surface area (Å²) in [6.45, 7) is 2.26. The second kappa shape index (κ2) is 5.83. The molecule has 3 heteroatoms. The first-order valence-electron chi connectivity index (χ1n) is 5.75. The number of ketones is 1. The van der Waals surface area contributed by atoms with E-state index in [0.717, 1.165) is 21.3 Å². The molecule has 0 aliphatic carbocycles. The highest BCUT2D eigenvalue weighted by Crippen LogP contribution is 2.14. The molecule has 2 rings (SSSR count). The third kappa shape index (κ3) is 3.20. The van der Waals surface area contributed by atoms with Crippen LogP contribution < -0.4 is 5.32 Å². The molecule has 0 amide bonds. The second-order valence-electron chi connectivity index (χ2n) is 4.10. The van der Waals surface area contributed by atoms with E-state index in [2.05, 4.69) is 21.2 Å². The van der Waals surface area contributed by atoms with E-state index in [4.69, 9.17) is 0 Å². The van der Waals surface area contributed by atoms with Crippen molar-refractivity contribution in [3.63, 3.8) is 0 Å². The lowest BCUT2D eigenvalue weighted by Crippen LogP contribution is -2.14. The van der Waals surface area contributed by atoms with Crippen molar-refractivity contribution in [2.24, 2.45) is 0 Å². The zero-order chi connectivity index (χ0) is 13.0. The van der Waals surface area contributed by atoms with Gasteiger partial charge in [0.15, 0.2) is 5.78 Å². The van der Waals surface area contributed by atoms with Crippen LogP contribution in [0.4, 0.5) is 5.69 Å². The lowest BCUT2D eigenvalue weighted by molar-refractivity contribution is 0.101. The fourth-order valence-electron chi connectivity index (χ4n) is 1.73. The number of hydrogen-bond donors (Lipinski definition) is 1. The standard InChI is InChI=1S/C15H14BrNO/c1-11-4-2-3-5-14(11)15(18)10-17-13-8-6-12(16)7-9-13/h2-9,17H,10H2,1H3. The predicted molar refractivity (Wildman–Crippen MR) is 78.1 cm³/mol. The third-order valence-corrected chi connectivity index (χ3v) is 3.27. The molecule has 2 nitrogen and oxygen atoms in total. The molecule has 18 heavy (non-hydrogen) atoms. The van der Waals surface area contributed by atoms with E-state index in [0.29, 0.717) is 6.54 Å². The van der Waals surface area contributed by atoms with E-state index in [1.165, 1.54) is 0 Å². The van der Waals surface area contributed by atoms with E-state index in [1.54, 1.807) is 0 Å². The summed E-state index contributed by atoms with van der Waals surface area (Å²) in [4.78, 5) is 12.0. The largest absolute Gasteiger partial charge is 0.378 e. The summed E-state index contributed by atoms with van der Waals surface area (Å²) in [7, 11) is 0. The lowest BCUT2D eigenvalue weighted by Gasteiger charge is -2.07. The molecule has 92 valence electrons. The number of carbonyl (C=O) groups excluding carboxylic acids is 1. The molecule has 0 atom stereocenters. The highest BCUT2D eigenvalue weighted by molar-refractivity contribution is 9.10. The van der Waals surface area contributed by atoms with Gasteiger partial charge in [0.2, 0.25) is 0 Å². The topological polar surface area (TPSA) is 29.1 Å². The first-order valence-corrected chi connectivity index (χ1v) is 6.54. The minimum atomic E-state index is 0.107. The minimum absolute atomic E-state index is 0.107. The normalized spacial score (nSPS) is 10.1. The average molecular weight is 304 g/mol. The van der Waals surface area contributed by atoms with Gasteiger partial charge >= 0.3 is 0 Å². The van der Waals surface area contributed by atoms with Crippen LogP contribution in [0.3, 0.4) is 0 Å². The van der Waals surface area contributed by atoms with Crippen LogP contribution in [-0.2, 0) is 0 Å². The van der Waals surface area contributed by atoms with Gasteiger partial charge in [-0.25, -0.2) is 0 Å². The third-order valence-electron chi connectivity index (χ3n) is 2.74. The smallest absolute Gasteiger partial charge is 0.182 e. The van der Waals surface area contributed by atoms with Gasteiger partial charge in [0, 0.05) is 15.7 Å². The molecule has 0 fully saturated rings. The summed E-state index contributed by atoms with van der Waals surface area (Å²) in [5.41, 5.74) is 2.74. The maximum absolute atomic E-state index is 12.0. The molecule has 0 bridgehead atoms. The molecule has 0 saturated carbocycles. The number of anilines is 1. The van der Waals surface area contributed by atoms with Crippen molar-refractivity contribution in [3.05, 3.63) is 64.1 Å². The van der Waals surface area contributed by atoms with E-state index >= 15 is 0 Å². The predicted octanol–water partition coefficient (Wildman–Crippen LogP) is 4.05. The number of nitrogens with one attached hydrogen (secondary N) is 1. The molecule has 2 aromatic rings. The van der Waals surface area contributed by atoms with Gasteiger partial charge in [-0.15, -0.1) is 0 Å². The van der Waals surface area contributed by atoms with Gasteiger partial charge in [0.05, 0.1) is 6.54 Å². The van der Waals surface area contributed by atoms with Gasteiger partial charge in [-0.05, 0) is 36.8 Å². The summed E-state index contributed by atoms with van der Waals surface area (Å²) in [6, 6.07) is 15.4. The summed E-state index contributed by atoms with van der Waals surface area (Å²) >= 11 is 3.38. The van der Waals surface area contributed by atoms with Crippen molar-refractivity contribution in [1.29, 1.82) is 0 Å². The molecule has 1 N–H and O–H groups in total. The molecular weight excluding hydrogens is 290 g/mol. The summed E-state index contributed by atoms with van der Waals surface area (Å²) in [6.07, 6.45) is 0. The quantitative estimate of drug-likeness (QED) is 0.863. The van der Waals surface area contributed by atoms with Crippen molar-refractivity contribution in [2.75, 3.05) is 11.9 Å². The summed E-state index contributed by atoms with van der Waals surface area (Å²) < 4.78 is 1.03. The number of halogens is 1. The summed E-state index contributed by atoms with van der Waals surface area (Å²) in [5.74, 6) is 0.107. The molecule has 0 radical (unpaired) electrons. The highest BCUT2D eigenvalue weighted by Gasteiger charge is 2.07. The van der Waals surface area contributed by atoms with Gasteiger partial charge in [-0.1, -0.05) is 40.2 Å². The van der Waals surface area contributed by atoms with Crippen molar-refractivity contribution in [2.45, 2.75) is 6.92 Å². The Morgan fingerprint density at radius 1 is 1.11 bits per heavy atom. The number of hydrogen-bond acceptors (Lipinski definition) is 2. The van der Waals surface area contributed by atoms with E-state index in [-0.39, 0.29) is 5.78 Å². The fraction of sp³-hybridized carbons (Fsp3) is 0.133. The van der Waals surface area contributed by atoms with Crippen LogP contribution in [0.1, 0.15) is 15.9 Å². The van der Waals surface area contributed by atoms with Crippen molar-refractivity contribution in [1.82, 2.24) is 0 Å². The van der Waals surface area contributed by atoms with Crippen molar-refractivity contribution >= 4 is 27.4 Å². The van der Waals surface area contributed by atoms with Gasteiger partial charge in [0.25, 0.3) is 0 Å². The zero-order valence-electron chi connectivity index (χ0n) is 10.1. The Morgan fingerprint density at radius 2 is 1.78 bits per heavy atom. The molecule has 0 heterocycles.